The van der Waals surface area contributed by atoms with E-state index in [-0.39, 0.29) is 22.7 Å². The lowest BCUT2D eigenvalue weighted by molar-refractivity contribution is -0.121. The lowest BCUT2D eigenvalue weighted by atomic mass is 9.87. The van der Waals surface area contributed by atoms with Gasteiger partial charge in [-0.2, -0.15) is 0 Å². The summed E-state index contributed by atoms with van der Waals surface area (Å²) >= 11 is 5.12. The third kappa shape index (κ3) is 6.06. The number of aryl methyl sites for hydroxylation is 1. The molecule has 2 rings (SSSR count). The quantitative estimate of drug-likeness (QED) is 0.660. The Morgan fingerprint density at radius 2 is 1.75 bits per heavy atom. The van der Waals surface area contributed by atoms with Crippen LogP contribution in [-0.4, -0.2) is 28.7 Å². The van der Waals surface area contributed by atoms with Crippen LogP contribution in [0, 0.1) is 6.92 Å². The van der Waals surface area contributed by atoms with Gasteiger partial charge in [0, 0.05) is 5.69 Å². The van der Waals surface area contributed by atoms with E-state index in [0.29, 0.717) is 11.4 Å². The van der Waals surface area contributed by atoms with E-state index in [0.717, 1.165) is 5.56 Å². The maximum absolute atomic E-state index is 12.0. The van der Waals surface area contributed by atoms with Gasteiger partial charge in [-0.1, -0.05) is 39.0 Å². The van der Waals surface area contributed by atoms with Crippen molar-refractivity contribution >= 4 is 34.9 Å². The Labute approximate surface area is 169 Å². The Bertz CT molecular complexity index is 886. The molecule has 0 saturated carbocycles. The molecule has 0 spiro atoms. The standard InChI is InChI=1S/C21H24N2O4S/c1-13-5-6-14(19(25)26)11-17(13)22-20(28)23-18(24)12-27-16-9-7-15(8-10-16)21(2,3)4/h5-11H,12H2,1-4H3,(H,25,26)(H2,22,23,24,28). The SMILES string of the molecule is Cc1ccc(C(=O)O)cc1NC(=S)NC(=O)COc1ccc(C(C)(C)C)cc1. The van der Waals surface area contributed by atoms with Crippen molar-refractivity contribution in [2.75, 3.05) is 11.9 Å². The van der Waals surface area contributed by atoms with Gasteiger partial charge >= 0.3 is 5.97 Å². The van der Waals surface area contributed by atoms with E-state index in [4.69, 9.17) is 22.1 Å². The predicted octanol–water partition coefficient (Wildman–Crippen LogP) is 3.88. The van der Waals surface area contributed by atoms with Gasteiger partial charge in [0.2, 0.25) is 0 Å². The summed E-state index contributed by atoms with van der Waals surface area (Å²) in [7, 11) is 0. The van der Waals surface area contributed by atoms with Crippen LogP contribution in [0.25, 0.3) is 0 Å². The van der Waals surface area contributed by atoms with Crippen molar-refractivity contribution in [3.8, 4) is 5.75 Å². The second-order valence-electron chi connectivity index (χ2n) is 7.40. The number of anilines is 1. The Morgan fingerprint density at radius 3 is 2.32 bits per heavy atom. The van der Waals surface area contributed by atoms with Gasteiger partial charge in [0.25, 0.3) is 5.91 Å². The van der Waals surface area contributed by atoms with Crippen LogP contribution in [0.3, 0.4) is 0 Å². The van der Waals surface area contributed by atoms with E-state index in [1.807, 2.05) is 31.2 Å². The van der Waals surface area contributed by atoms with Crippen molar-refractivity contribution < 1.29 is 19.4 Å². The van der Waals surface area contributed by atoms with Crippen molar-refractivity contribution in [2.45, 2.75) is 33.1 Å². The van der Waals surface area contributed by atoms with E-state index in [9.17, 15) is 9.59 Å². The lowest BCUT2D eigenvalue weighted by Gasteiger charge is -2.19. The van der Waals surface area contributed by atoms with Gasteiger partial charge in [-0.3, -0.25) is 10.1 Å². The summed E-state index contributed by atoms with van der Waals surface area (Å²) in [5.41, 5.74) is 2.67. The molecule has 0 fully saturated rings. The molecule has 2 aromatic rings. The molecule has 0 unspecified atom stereocenters. The molecule has 1 amide bonds. The number of hydrogen-bond acceptors (Lipinski definition) is 4. The van der Waals surface area contributed by atoms with E-state index >= 15 is 0 Å². The summed E-state index contributed by atoms with van der Waals surface area (Å²) in [6, 6.07) is 12.2. The van der Waals surface area contributed by atoms with Crippen LogP contribution in [-0.2, 0) is 10.2 Å². The highest BCUT2D eigenvalue weighted by Crippen LogP contribution is 2.24. The minimum Gasteiger partial charge on any atom is -0.484 e. The Balaban J connectivity index is 1.88. The molecule has 0 radical (unpaired) electrons. The van der Waals surface area contributed by atoms with Gasteiger partial charge in [-0.25, -0.2) is 4.79 Å². The average molecular weight is 401 g/mol. The zero-order valence-corrected chi connectivity index (χ0v) is 17.1. The number of rotatable bonds is 5. The molecular weight excluding hydrogens is 376 g/mol. The number of carbonyl (C=O) groups excluding carboxylic acids is 1. The summed E-state index contributed by atoms with van der Waals surface area (Å²) in [4.78, 5) is 23.1. The van der Waals surface area contributed by atoms with Crippen molar-refractivity contribution in [3.63, 3.8) is 0 Å². The second-order valence-corrected chi connectivity index (χ2v) is 7.81. The van der Waals surface area contributed by atoms with Crippen LogP contribution in [0.15, 0.2) is 42.5 Å². The van der Waals surface area contributed by atoms with Gasteiger partial charge in [-0.15, -0.1) is 0 Å². The van der Waals surface area contributed by atoms with Crippen molar-refractivity contribution in [1.82, 2.24) is 5.32 Å². The number of carboxylic acid groups (broad SMARTS) is 1. The fourth-order valence-corrected chi connectivity index (χ4v) is 2.63. The monoisotopic (exact) mass is 400 g/mol. The highest BCUT2D eigenvalue weighted by Gasteiger charge is 2.14. The molecule has 6 nitrogen and oxygen atoms in total. The topological polar surface area (TPSA) is 87.7 Å². The van der Waals surface area contributed by atoms with Crippen molar-refractivity contribution in [3.05, 3.63) is 59.2 Å². The smallest absolute Gasteiger partial charge is 0.335 e. The van der Waals surface area contributed by atoms with Gasteiger partial charge in [-0.05, 0) is 59.9 Å². The largest absolute Gasteiger partial charge is 0.484 e. The number of aromatic carboxylic acids is 1. The normalized spacial score (nSPS) is 10.9. The second kappa shape index (κ2) is 8.84. The van der Waals surface area contributed by atoms with Gasteiger partial charge < -0.3 is 15.2 Å². The average Bonchev–Trinajstić information content (AvgIpc) is 2.61. The van der Waals surface area contributed by atoms with Gasteiger partial charge in [0.05, 0.1) is 5.56 Å². The summed E-state index contributed by atoms with van der Waals surface area (Å²) in [6.07, 6.45) is 0. The fourth-order valence-electron chi connectivity index (χ4n) is 2.41. The Morgan fingerprint density at radius 1 is 1.11 bits per heavy atom. The van der Waals surface area contributed by atoms with Gasteiger partial charge in [0.1, 0.15) is 5.75 Å². The molecule has 3 N–H and O–H groups in total. The molecule has 148 valence electrons. The molecular formula is C21H24N2O4S. The molecule has 28 heavy (non-hydrogen) atoms. The molecule has 0 aliphatic heterocycles. The molecule has 0 aliphatic rings. The van der Waals surface area contributed by atoms with Crippen LogP contribution >= 0.6 is 12.2 Å². The number of thiocarbonyl (C=S) groups is 1. The molecule has 0 bridgehead atoms. The van der Waals surface area contributed by atoms with Crippen LogP contribution in [0.4, 0.5) is 5.69 Å². The van der Waals surface area contributed by atoms with E-state index in [1.54, 1.807) is 6.07 Å². The van der Waals surface area contributed by atoms with Crippen LogP contribution in [0.1, 0.15) is 42.3 Å². The molecule has 7 heteroatoms. The summed E-state index contributed by atoms with van der Waals surface area (Å²) in [5, 5.41) is 14.5. The zero-order valence-electron chi connectivity index (χ0n) is 16.3. The molecule has 0 atom stereocenters. The maximum Gasteiger partial charge on any atom is 0.335 e. The fraction of sp³-hybridized carbons (Fsp3) is 0.286. The van der Waals surface area contributed by atoms with Crippen molar-refractivity contribution in [2.24, 2.45) is 0 Å². The summed E-state index contributed by atoms with van der Waals surface area (Å²) < 4.78 is 5.48. The number of ether oxygens (including phenoxy) is 1. The Kier molecular flexibility index (Phi) is 6.75. The first-order valence-corrected chi connectivity index (χ1v) is 9.15. The number of carbonyl (C=O) groups is 2. The minimum atomic E-state index is -1.04. The number of nitrogens with one attached hydrogen (secondary N) is 2. The summed E-state index contributed by atoms with van der Waals surface area (Å²) in [5.74, 6) is -0.861. The first-order chi connectivity index (χ1) is 13.1. The predicted molar refractivity (Wildman–Crippen MR) is 113 cm³/mol. The third-order valence-electron chi connectivity index (χ3n) is 4.08. The number of carboxylic acids is 1. The Hall–Kier alpha value is -2.93. The summed E-state index contributed by atoms with van der Waals surface area (Å²) in [6.45, 7) is 7.99. The molecule has 0 aromatic heterocycles. The molecule has 0 aliphatic carbocycles. The minimum absolute atomic E-state index is 0.0455. The van der Waals surface area contributed by atoms with E-state index in [2.05, 4.69) is 31.4 Å². The van der Waals surface area contributed by atoms with E-state index in [1.165, 1.54) is 17.7 Å². The molecule has 0 saturated heterocycles. The first-order valence-electron chi connectivity index (χ1n) is 8.74. The van der Waals surface area contributed by atoms with E-state index < -0.39 is 11.9 Å². The number of benzene rings is 2. The van der Waals surface area contributed by atoms with Crippen LogP contribution < -0.4 is 15.4 Å². The van der Waals surface area contributed by atoms with Crippen molar-refractivity contribution in [1.29, 1.82) is 0 Å². The third-order valence-corrected chi connectivity index (χ3v) is 4.28. The van der Waals surface area contributed by atoms with Crippen LogP contribution in [0.2, 0.25) is 0 Å². The van der Waals surface area contributed by atoms with Crippen LogP contribution in [0.5, 0.6) is 5.75 Å². The van der Waals surface area contributed by atoms with Gasteiger partial charge in [0.15, 0.2) is 11.7 Å². The lowest BCUT2D eigenvalue weighted by Crippen LogP contribution is -2.37. The maximum atomic E-state index is 12.0. The first kappa shape index (κ1) is 21.4. The molecule has 0 heterocycles. The number of hydrogen-bond donors (Lipinski definition) is 3. The zero-order chi connectivity index (χ0) is 20.9. The number of amides is 1. The highest BCUT2D eigenvalue weighted by atomic mass is 32.1. The molecule has 2 aromatic carbocycles. The highest BCUT2D eigenvalue weighted by molar-refractivity contribution is 7.80.